The third kappa shape index (κ3) is 2.95. The highest BCUT2D eigenvalue weighted by atomic mass is 16.5. The average molecular weight is 321 g/mol. The molecular weight excluding hydrogens is 302 g/mol. The molecule has 5 heteroatoms. The van der Waals surface area contributed by atoms with Crippen molar-refractivity contribution < 1.29 is 9.53 Å². The van der Waals surface area contributed by atoms with Crippen molar-refractivity contribution in [2.75, 3.05) is 6.61 Å². The molecule has 0 bridgehead atoms. The van der Waals surface area contributed by atoms with Gasteiger partial charge in [-0.2, -0.15) is 5.10 Å². The first-order valence-corrected chi connectivity index (χ1v) is 8.21. The number of carbonyl (C=O) groups is 1. The summed E-state index contributed by atoms with van der Waals surface area (Å²) in [6, 6.07) is 8.24. The van der Waals surface area contributed by atoms with Crippen molar-refractivity contribution in [2.24, 2.45) is 7.05 Å². The van der Waals surface area contributed by atoms with Crippen molar-refractivity contribution in [3.8, 4) is 11.1 Å². The van der Waals surface area contributed by atoms with Gasteiger partial charge in [0.25, 0.3) is 0 Å². The van der Waals surface area contributed by atoms with Crippen molar-refractivity contribution in [3.63, 3.8) is 0 Å². The van der Waals surface area contributed by atoms with Crippen LogP contribution in [-0.4, -0.2) is 33.3 Å². The molecule has 3 heterocycles. The standard InChI is InChI=1S/C19H19N3O2/c1-22-12-16(11-21-22)13-4-5-14-10-20-17(8-15(14)7-13)9-18(23)19-3-2-6-24-19/h4-5,7-8,10-12,19H,2-3,6,9H2,1H3/t19-/m0/s1. The molecule has 1 atom stereocenters. The normalized spacial score (nSPS) is 17.5. The fraction of sp³-hybridized carbons (Fsp3) is 0.316. The number of aromatic nitrogens is 3. The lowest BCUT2D eigenvalue weighted by molar-refractivity contribution is -0.127. The topological polar surface area (TPSA) is 57.0 Å². The van der Waals surface area contributed by atoms with Crippen molar-refractivity contribution in [1.82, 2.24) is 14.8 Å². The van der Waals surface area contributed by atoms with E-state index in [1.165, 1.54) is 0 Å². The number of ketones is 1. The third-order valence-electron chi connectivity index (χ3n) is 4.46. The van der Waals surface area contributed by atoms with Gasteiger partial charge in [-0.3, -0.25) is 14.5 Å². The first kappa shape index (κ1) is 15.0. The minimum absolute atomic E-state index is 0.128. The Balaban J connectivity index is 1.62. The van der Waals surface area contributed by atoms with Gasteiger partial charge in [-0.15, -0.1) is 0 Å². The number of hydrogen-bond donors (Lipinski definition) is 0. The van der Waals surface area contributed by atoms with E-state index in [-0.39, 0.29) is 11.9 Å². The van der Waals surface area contributed by atoms with Crippen LogP contribution < -0.4 is 0 Å². The maximum absolute atomic E-state index is 12.3. The maximum atomic E-state index is 12.3. The van der Waals surface area contributed by atoms with Gasteiger partial charge in [0.15, 0.2) is 5.78 Å². The van der Waals surface area contributed by atoms with Crippen LogP contribution in [0.15, 0.2) is 42.9 Å². The van der Waals surface area contributed by atoms with E-state index in [1.54, 1.807) is 4.68 Å². The van der Waals surface area contributed by atoms with Crippen LogP contribution in [0.1, 0.15) is 18.5 Å². The monoisotopic (exact) mass is 321 g/mol. The van der Waals surface area contributed by atoms with Crippen LogP contribution in [0.2, 0.25) is 0 Å². The number of ether oxygens (including phenoxy) is 1. The number of Topliss-reactive ketones (excluding diaryl/α,β-unsaturated/α-hetero) is 1. The van der Waals surface area contributed by atoms with E-state index in [9.17, 15) is 4.79 Å². The molecule has 122 valence electrons. The smallest absolute Gasteiger partial charge is 0.167 e. The fourth-order valence-corrected chi connectivity index (χ4v) is 3.16. The fourth-order valence-electron chi connectivity index (χ4n) is 3.16. The van der Waals surface area contributed by atoms with E-state index >= 15 is 0 Å². The average Bonchev–Trinajstić information content (AvgIpc) is 3.25. The van der Waals surface area contributed by atoms with Gasteiger partial charge in [-0.25, -0.2) is 0 Å². The minimum atomic E-state index is -0.246. The van der Waals surface area contributed by atoms with Gasteiger partial charge in [-0.05, 0) is 35.9 Å². The SMILES string of the molecule is Cn1cc(-c2ccc3cnc(CC(=O)[C@@H]4CCCO4)cc3c2)cn1. The van der Waals surface area contributed by atoms with E-state index in [1.807, 2.05) is 31.7 Å². The lowest BCUT2D eigenvalue weighted by atomic mass is 10.0. The molecule has 0 saturated carbocycles. The van der Waals surface area contributed by atoms with Gasteiger partial charge in [0.05, 0.1) is 12.6 Å². The lowest BCUT2D eigenvalue weighted by Crippen LogP contribution is -2.21. The molecule has 0 unspecified atom stereocenters. The van der Waals surface area contributed by atoms with Crippen LogP contribution >= 0.6 is 0 Å². The number of carbonyl (C=O) groups excluding carboxylic acids is 1. The maximum Gasteiger partial charge on any atom is 0.167 e. The number of nitrogens with zero attached hydrogens (tertiary/aromatic N) is 3. The molecule has 4 rings (SSSR count). The van der Waals surface area contributed by atoms with Crippen LogP contribution in [0.5, 0.6) is 0 Å². The molecule has 1 saturated heterocycles. The molecular formula is C19H19N3O2. The summed E-state index contributed by atoms with van der Waals surface area (Å²) in [7, 11) is 1.91. The van der Waals surface area contributed by atoms with E-state index in [0.29, 0.717) is 13.0 Å². The van der Waals surface area contributed by atoms with Gasteiger partial charge in [0.2, 0.25) is 0 Å². The van der Waals surface area contributed by atoms with Crippen LogP contribution in [0.3, 0.4) is 0 Å². The molecule has 1 aliphatic heterocycles. The Morgan fingerprint density at radius 2 is 2.17 bits per heavy atom. The quantitative estimate of drug-likeness (QED) is 0.741. The Morgan fingerprint density at radius 1 is 1.25 bits per heavy atom. The molecule has 2 aromatic heterocycles. The Labute approximate surface area is 140 Å². The molecule has 0 amide bonds. The van der Waals surface area contributed by atoms with Crippen molar-refractivity contribution in [2.45, 2.75) is 25.4 Å². The molecule has 0 radical (unpaired) electrons. The second kappa shape index (κ2) is 6.17. The largest absolute Gasteiger partial charge is 0.370 e. The zero-order chi connectivity index (χ0) is 16.5. The first-order chi connectivity index (χ1) is 11.7. The summed E-state index contributed by atoms with van der Waals surface area (Å²) in [6.07, 6.45) is 7.56. The number of benzene rings is 1. The lowest BCUT2D eigenvalue weighted by Gasteiger charge is -2.08. The summed E-state index contributed by atoms with van der Waals surface area (Å²) in [5.74, 6) is 0.128. The second-order valence-corrected chi connectivity index (χ2v) is 6.29. The molecule has 1 fully saturated rings. The van der Waals surface area contributed by atoms with E-state index in [0.717, 1.165) is 40.4 Å². The summed E-state index contributed by atoms with van der Waals surface area (Å²) < 4.78 is 7.26. The molecule has 1 aliphatic rings. The number of aryl methyl sites for hydroxylation is 1. The van der Waals surface area contributed by atoms with Crippen LogP contribution in [0.25, 0.3) is 21.9 Å². The minimum Gasteiger partial charge on any atom is -0.370 e. The van der Waals surface area contributed by atoms with Gasteiger partial charge < -0.3 is 4.74 Å². The van der Waals surface area contributed by atoms with Gasteiger partial charge in [0, 0.05) is 42.7 Å². The highest BCUT2D eigenvalue weighted by molar-refractivity contribution is 5.89. The van der Waals surface area contributed by atoms with Crippen molar-refractivity contribution in [1.29, 1.82) is 0 Å². The molecule has 0 aliphatic carbocycles. The second-order valence-electron chi connectivity index (χ2n) is 6.29. The summed E-state index contributed by atoms with van der Waals surface area (Å²) in [5, 5.41) is 6.37. The Hall–Kier alpha value is -2.53. The highest BCUT2D eigenvalue weighted by Gasteiger charge is 2.23. The molecule has 3 aromatic rings. The predicted octanol–water partition coefficient (Wildman–Crippen LogP) is 2.93. The zero-order valence-corrected chi connectivity index (χ0v) is 13.6. The Kier molecular flexibility index (Phi) is 3.86. The van der Waals surface area contributed by atoms with Gasteiger partial charge in [0.1, 0.15) is 6.10 Å². The van der Waals surface area contributed by atoms with E-state index < -0.39 is 0 Å². The summed E-state index contributed by atoms with van der Waals surface area (Å²) >= 11 is 0. The predicted molar refractivity (Wildman–Crippen MR) is 91.6 cm³/mol. The number of rotatable bonds is 4. The van der Waals surface area contributed by atoms with E-state index in [4.69, 9.17) is 4.74 Å². The summed E-state index contributed by atoms with van der Waals surface area (Å²) in [6.45, 7) is 0.691. The third-order valence-corrected chi connectivity index (χ3v) is 4.46. The highest BCUT2D eigenvalue weighted by Crippen LogP contribution is 2.24. The van der Waals surface area contributed by atoms with Crippen molar-refractivity contribution in [3.05, 3.63) is 48.5 Å². The van der Waals surface area contributed by atoms with E-state index in [2.05, 4.69) is 28.3 Å². The molecule has 0 N–H and O–H groups in total. The number of pyridine rings is 1. The summed E-state index contributed by atoms with van der Waals surface area (Å²) in [4.78, 5) is 16.7. The number of hydrogen-bond acceptors (Lipinski definition) is 4. The van der Waals surface area contributed by atoms with Crippen LogP contribution in [0, 0.1) is 0 Å². The van der Waals surface area contributed by atoms with Crippen LogP contribution in [0.4, 0.5) is 0 Å². The van der Waals surface area contributed by atoms with Crippen LogP contribution in [-0.2, 0) is 23.0 Å². The van der Waals surface area contributed by atoms with Gasteiger partial charge in [-0.1, -0.05) is 12.1 Å². The van der Waals surface area contributed by atoms with Crippen molar-refractivity contribution >= 4 is 16.6 Å². The number of fused-ring (bicyclic) bond motifs is 1. The molecule has 1 aromatic carbocycles. The van der Waals surface area contributed by atoms with Gasteiger partial charge >= 0.3 is 0 Å². The first-order valence-electron chi connectivity index (χ1n) is 8.21. The molecule has 5 nitrogen and oxygen atoms in total. The summed E-state index contributed by atoms with van der Waals surface area (Å²) in [5.41, 5.74) is 2.98. The Bertz CT molecular complexity index is 895. The zero-order valence-electron chi connectivity index (χ0n) is 13.6. The Morgan fingerprint density at radius 3 is 2.92 bits per heavy atom. The molecule has 0 spiro atoms. The molecule has 24 heavy (non-hydrogen) atoms.